The number of benzene rings is 2. The van der Waals surface area contributed by atoms with Crippen LogP contribution in [0.2, 0.25) is 0 Å². The molecule has 38 N–H and O–H groups in total. The maximum absolute atomic E-state index is 14.6. The van der Waals surface area contributed by atoms with Crippen molar-refractivity contribution in [3.8, 4) is 11.5 Å². The third-order valence-electron chi connectivity index (χ3n) is 20.9. The summed E-state index contributed by atoms with van der Waals surface area (Å²) in [5.74, 6) is -20.0. The number of thiol groups is 2. The second-order valence-corrected chi connectivity index (χ2v) is 33.5. The third-order valence-corrected chi connectivity index (χ3v) is 21.5. The number of carboxylic acid groups (broad SMARTS) is 1. The van der Waals surface area contributed by atoms with Crippen molar-refractivity contribution in [2.75, 3.05) is 58.2 Å². The standard InChI is InChI=1S/C80H133N25O23S2/c1-7-39(3)60(102-73(122)58-34-45(110)36-105(58)77(126)46(86)8-2)74(123)104-62(80(5,6)130)76(125)98-53(32-41-14-18-43(108)19-15-41)69(118)100-56(37-106)71(120)97-54(35-59(87)111)70(119)92-48(13-11-31-90-79(88)89)64(113)95-52(25-30-85)68(117)103-61(40(4)107)75(124)96-51(24-29-84)66(115)91-47(12-9-10-26-81)63(112)93-49(22-27-82)65(114)94-50(23-28-83)67(116)101-57(38-129)72(121)99-55(78(127)128)33-42-16-20-44(109)21-17-42/h14-21,39-40,45-58,60-62,106-110,129-130H,7-13,22-38,81-86H2,1-6H3,(H2,87,111)(H,91,115)(H,92,119)(H,93,112)(H,94,114)(H,95,113)(H,96,124)(H,97,120)(H,98,125)(H,99,121)(H,100,118)(H,101,116)(H,102,122)(H,103,117)(H,104,123)(H,127,128)(H4,88,89,90)/t39-,40+,45+,46-,47-,48-,49-,50-,51+,52-,53-,54-,55-,56-,57-,58-,60-,61-,62+/m0/s1. The summed E-state index contributed by atoms with van der Waals surface area (Å²) in [5.41, 5.74) is 52.7. The molecule has 728 valence electrons. The molecule has 0 aromatic heterocycles. The first-order valence-corrected chi connectivity index (χ1v) is 43.6. The largest absolute Gasteiger partial charge is 0.508 e. The first-order chi connectivity index (χ1) is 61.3. The number of phenolic OH excluding ortho intramolecular Hbond substituents is 2. The molecule has 2 aromatic rings. The summed E-state index contributed by atoms with van der Waals surface area (Å²) in [6.45, 7) is 6.38. The van der Waals surface area contributed by atoms with Gasteiger partial charge in [0.2, 0.25) is 94.5 Å². The monoisotopic (exact) mass is 1880 g/mol. The van der Waals surface area contributed by atoms with E-state index in [1.807, 2.05) is 0 Å². The van der Waals surface area contributed by atoms with Crippen molar-refractivity contribution >= 4 is 132 Å². The van der Waals surface area contributed by atoms with Crippen molar-refractivity contribution in [3.63, 3.8) is 0 Å². The average Bonchev–Trinajstić information content (AvgIpc) is 1.71. The Morgan fingerprint density at radius 1 is 0.477 bits per heavy atom. The van der Waals surface area contributed by atoms with Crippen LogP contribution in [0.4, 0.5) is 0 Å². The molecule has 2 aromatic carbocycles. The Bertz CT molecular complexity index is 4150. The fourth-order valence-electron chi connectivity index (χ4n) is 13.3. The zero-order chi connectivity index (χ0) is 98.0. The van der Waals surface area contributed by atoms with Crippen LogP contribution >= 0.6 is 25.3 Å². The fraction of sp³-hybridized carbons (Fsp3) is 0.625. The molecule has 16 amide bonds. The van der Waals surface area contributed by atoms with Crippen molar-refractivity contribution in [2.45, 2.75) is 251 Å². The lowest BCUT2D eigenvalue weighted by atomic mass is 9.95. The van der Waals surface area contributed by atoms with Crippen LogP contribution < -0.4 is 126 Å². The van der Waals surface area contributed by atoms with E-state index in [2.05, 4.69) is 105 Å². The highest BCUT2D eigenvalue weighted by Crippen LogP contribution is 2.24. The van der Waals surface area contributed by atoms with Gasteiger partial charge in [-0.3, -0.25) is 81.7 Å². The number of aromatic hydroxyl groups is 2. The number of aliphatic hydroxyl groups excluding tert-OH is 3. The predicted molar refractivity (Wildman–Crippen MR) is 479 cm³/mol. The van der Waals surface area contributed by atoms with Crippen molar-refractivity contribution in [3.05, 3.63) is 59.7 Å². The Morgan fingerprint density at radius 3 is 1.26 bits per heavy atom. The molecule has 48 nitrogen and oxygen atoms in total. The Morgan fingerprint density at radius 2 is 0.854 bits per heavy atom. The number of aliphatic imine (C=N–C) groups is 1. The van der Waals surface area contributed by atoms with Crippen LogP contribution in [0, 0.1) is 5.92 Å². The number of phenols is 2. The molecule has 0 saturated carbocycles. The summed E-state index contributed by atoms with van der Waals surface area (Å²) in [4.78, 5) is 242. The van der Waals surface area contributed by atoms with Crippen LogP contribution in [0.25, 0.3) is 0 Å². The molecular weight excluding hydrogens is 1740 g/mol. The van der Waals surface area contributed by atoms with E-state index >= 15 is 0 Å². The lowest BCUT2D eigenvalue weighted by Gasteiger charge is -2.34. The van der Waals surface area contributed by atoms with Gasteiger partial charge in [-0.15, -0.1) is 0 Å². The molecule has 0 bridgehead atoms. The molecule has 1 aliphatic heterocycles. The van der Waals surface area contributed by atoms with Crippen LogP contribution in [-0.2, 0) is 94.3 Å². The summed E-state index contributed by atoms with van der Waals surface area (Å²) >= 11 is 8.77. The highest BCUT2D eigenvalue weighted by molar-refractivity contribution is 7.81. The molecule has 0 radical (unpaired) electrons. The van der Waals surface area contributed by atoms with E-state index in [0.29, 0.717) is 24.0 Å². The summed E-state index contributed by atoms with van der Waals surface area (Å²) in [7, 11) is 0. The van der Waals surface area contributed by atoms with Crippen molar-refractivity contribution in [2.24, 2.45) is 62.5 Å². The number of likely N-dealkylation sites (tertiary alicyclic amines) is 1. The Balaban J connectivity index is 1.90. The SMILES string of the molecule is CC[C@H](N)C(=O)N1C[C@H](O)C[C@H]1C(=O)N[C@H](C(=O)N[C@H](C(=O)N[C@@H](Cc1ccc(O)cc1)C(=O)N[C@@H](CO)C(=O)N[C@@H](CC(N)=O)C(=O)N[C@@H](CCCN=C(N)N)C(=O)N[C@@H](CCN)C(=O)N[C@H](C(=O)N[C@H](CCN)C(=O)N[C@@H](CCCCN)C(=O)N[C@@H](CCN)C(=O)N[C@@H](CCN)C(=O)N[C@@H](CS)C(=O)N[C@@H](Cc1ccc(O)cc1)C(=O)O)[C@@H](C)O)C(C)(C)S)[C@@H](C)CC. The molecule has 50 heteroatoms. The lowest BCUT2D eigenvalue weighted by molar-refractivity contribution is -0.142. The highest BCUT2D eigenvalue weighted by Gasteiger charge is 2.45. The van der Waals surface area contributed by atoms with Gasteiger partial charge < -0.3 is 162 Å². The highest BCUT2D eigenvalue weighted by atomic mass is 32.1. The summed E-state index contributed by atoms with van der Waals surface area (Å²) in [6, 6.07) is -14.7. The maximum Gasteiger partial charge on any atom is 0.326 e. The number of hydrogen-bond donors (Lipinski definition) is 31. The first kappa shape index (κ1) is 113. The number of carbonyl (C=O) groups is 17. The zero-order valence-electron chi connectivity index (χ0n) is 73.7. The van der Waals surface area contributed by atoms with E-state index in [9.17, 15) is 112 Å². The van der Waals surface area contributed by atoms with Crippen molar-refractivity contribution < 1.29 is 112 Å². The molecule has 1 saturated heterocycles. The number of guanidine groups is 1. The van der Waals surface area contributed by atoms with Crippen LogP contribution in [0.5, 0.6) is 11.5 Å². The number of primary amides is 1. The van der Waals surface area contributed by atoms with Gasteiger partial charge in [-0.1, -0.05) is 51.5 Å². The van der Waals surface area contributed by atoms with E-state index in [0.717, 1.165) is 11.8 Å². The van der Waals surface area contributed by atoms with Gasteiger partial charge >= 0.3 is 5.97 Å². The Hall–Kier alpha value is -11.4. The van der Waals surface area contributed by atoms with E-state index in [-0.39, 0.29) is 133 Å². The fourth-order valence-corrected chi connectivity index (χ4v) is 13.7. The molecule has 0 aliphatic carbocycles. The van der Waals surface area contributed by atoms with E-state index in [4.69, 9.17) is 51.6 Å². The first-order valence-electron chi connectivity index (χ1n) is 42.5. The molecule has 3 rings (SSSR count). The van der Waals surface area contributed by atoms with Gasteiger partial charge in [0, 0.05) is 42.9 Å². The number of nitrogens with zero attached hydrogens (tertiary/aromatic N) is 2. The molecule has 1 fully saturated rings. The van der Waals surface area contributed by atoms with Crippen LogP contribution in [0.15, 0.2) is 53.5 Å². The minimum atomic E-state index is -2.04. The van der Waals surface area contributed by atoms with Crippen molar-refractivity contribution in [1.29, 1.82) is 0 Å². The van der Waals surface area contributed by atoms with Gasteiger partial charge in [0.05, 0.1) is 31.3 Å². The number of nitrogens with one attached hydrogen (secondary N) is 14. The average molecular weight is 1880 g/mol. The molecule has 1 heterocycles. The second kappa shape index (κ2) is 57.0. The topological polar surface area (TPSA) is 830 Å². The van der Waals surface area contributed by atoms with Gasteiger partial charge in [0.1, 0.15) is 102 Å². The van der Waals surface area contributed by atoms with Gasteiger partial charge in [-0.05, 0) is 159 Å². The van der Waals surface area contributed by atoms with E-state index in [1.165, 1.54) is 62.4 Å². The maximum atomic E-state index is 14.6. The van der Waals surface area contributed by atoms with Gasteiger partial charge in [-0.25, -0.2) is 4.79 Å². The van der Waals surface area contributed by atoms with Crippen LogP contribution in [0.1, 0.15) is 136 Å². The summed E-state index contributed by atoms with van der Waals surface area (Å²) in [5, 5.41) is 96.2. The molecular formula is C80H133N25O23S2. The number of rotatable bonds is 59. The van der Waals surface area contributed by atoms with Crippen molar-refractivity contribution in [1.82, 2.24) is 79.3 Å². The normalized spacial score (nSPS) is 17.0. The zero-order valence-corrected chi connectivity index (χ0v) is 75.5. The number of carboxylic acids is 1. The number of aliphatic carboxylic acids is 1. The minimum Gasteiger partial charge on any atom is -0.508 e. The number of carbonyl (C=O) groups excluding carboxylic acids is 16. The van der Waals surface area contributed by atoms with E-state index in [1.54, 1.807) is 20.8 Å². The van der Waals surface area contributed by atoms with E-state index < -0.39 is 246 Å². The number of amides is 16. The molecule has 19 atom stereocenters. The smallest absolute Gasteiger partial charge is 0.326 e. The quantitative estimate of drug-likeness (QED) is 0.0127. The molecule has 1 aliphatic rings. The predicted octanol–water partition coefficient (Wildman–Crippen LogP) is -11.0. The van der Waals surface area contributed by atoms with Gasteiger partial charge in [0.15, 0.2) is 5.96 Å². The number of aliphatic hydroxyl groups is 3. The summed E-state index contributed by atoms with van der Waals surface area (Å²) < 4.78 is -1.48. The minimum absolute atomic E-state index is 0.0833. The van der Waals surface area contributed by atoms with Gasteiger partial charge in [-0.2, -0.15) is 25.3 Å². The van der Waals surface area contributed by atoms with Gasteiger partial charge in [0.25, 0.3) is 0 Å². The number of unbranched alkanes of at least 4 members (excludes halogenated alkanes) is 1. The second-order valence-electron chi connectivity index (χ2n) is 31.9. The number of hydrogen-bond acceptors (Lipinski definition) is 31. The number of nitrogens with two attached hydrogens (primary N) is 9. The van der Waals surface area contributed by atoms with Crippen LogP contribution in [0.3, 0.4) is 0 Å². The summed E-state index contributed by atoms with van der Waals surface area (Å²) in [6.07, 6.45) is -5.58. The molecule has 130 heavy (non-hydrogen) atoms. The molecule has 0 spiro atoms. The Kier molecular flexibility index (Phi) is 49.4. The lowest BCUT2D eigenvalue weighted by Crippen LogP contribution is -2.64. The number of β-amino-alcohol motifs (C(OH)–C–C–N with tert-alkyl or cyclic N) is 1. The Labute approximate surface area is 763 Å². The van der Waals surface area contributed by atoms with Crippen LogP contribution in [-0.4, -0.2) is 314 Å². The molecule has 0 unspecified atom stereocenters. The third kappa shape index (κ3) is 38.0.